The molecule has 2 heterocycles. The molecule has 0 radical (unpaired) electrons. The second kappa shape index (κ2) is 4.98. The van der Waals surface area contributed by atoms with Crippen molar-refractivity contribution < 1.29 is 19.4 Å². The zero-order chi connectivity index (χ0) is 14.3. The van der Waals surface area contributed by atoms with Crippen LogP contribution in [0.5, 0.6) is 5.75 Å². The third kappa shape index (κ3) is 2.22. The fraction of sp³-hybridized carbons (Fsp3) is 0.429. The minimum atomic E-state index is -0.950. The van der Waals surface area contributed by atoms with E-state index < -0.39 is 18.1 Å². The minimum Gasteiger partial charge on any atom is -0.480 e. The smallest absolute Gasteiger partial charge is 0.326 e. The van der Waals surface area contributed by atoms with E-state index in [0.717, 1.165) is 5.56 Å². The van der Waals surface area contributed by atoms with Gasteiger partial charge in [0, 0.05) is 18.0 Å². The van der Waals surface area contributed by atoms with Crippen LogP contribution >= 0.6 is 11.6 Å². The standard InChI is InChI=1S/C14H14ClNO4/c15-9-3-4-11-8(6-9)7-12(20-11)13(17)16-5-1-2-10(16)14(18)19/h3-4,6,10,12H,1-2,5,7H2,(H,18,19)/t10-,12-/m0/s1. The number of aliphatic carboxylic acids is 1. The topological polar surface area (TPSA) is 66.8 Å². The quantitative estimate of drug-likeness (QED) is 0.902. The van der Waals surface area contributed by atoms with Crippen LogP contribution in [-0.4, -0.2) is 40.6 Å². The van der Waals surface area contributed by atoms with Crippen molar-refractivity contribution in [1.29, 1.82) is 0 Å². The Balaban J connectivity index is 1.75. The predicted molar refractivity (Wildman–Crippen MR) is 71.9 cm³/mol. The molecule has 1 fully saturated rings. The minimum absolute atomic E-state index is 0.248. The Labute approximate surface area is 121 Å². The van der Waals surface area contributed by atoms with Gasteiger partial charge in [-0.15, -0.1) is 0 Å². The van der Waals surface area contributed by atoms with Gasteiger partial charge in [-0.05, 0) is 36.6 Å². The number of fused-ring (bicyclic) bond motifs is 1. The third-order valence-electron chi connectivity index (χ3n) is 3.79. The largest absolute Gasteiger partial charge is 0.480 e. The summed E-state index contributed by atoms with van der Waals surface area (Å²) in [6, 6.07) is 4.51. The summed E-state index contributed by atoms with van der Waals surface area (Å²) in [5, 5.41) is 9.74. The molecule has 1 aromatic rings. The van der Waals surface area contributed by atoms with Crippen LogP contribution in [-0.2, 0) is 16.0 Å². The molecule has 6 heteroatoms. The number of halogens is 1. The summed E-state index contributed by atoms with van der Waals surface area (Å²) in [4.78, 5) is 25.0. The Bertz CT molecular complexity index is 574. The number of hydrogen-bond acceptors (Lipinski definition) is 3. The molecule has 0 aliphatic carbocycles. The lowest BCUT2D eigenvalue weighted by Gasteiger charge is -2.24. The molecule has 0 spiro atoms. The summed E-state index contributed by atoms with van der Waals surface area (Å²) in [5.74, 6) is -0.546. The third-order valence-corrected chi connectivity index (χ3v) is 4.03. The van der Waals surface area contributed by atoms with Gasteiger partial charge in [-0.3, -0.25) is 4.79 Å². The molecule has 20 heavy (non-hydrogen) atoms. The maximum Gasteiger partial charge on any atom is 0.326 e. The Hall–Kier alpha value is -1.75. The van der Waals surface area contributed by atoms with E-state index in [1.54, 1.807) is 18.2 Å². The molecule has 1 amide bonds. The number of carboxylic acids is 1. The van der Waals surface area contributed by atoms with Gasteiger partial charge < -0.3 is 14.7 Å². The first-order valence-corrected chi connectivity index (χ1v) is 6.92. The lowest BCUT2D eigenvalue weighted by atomic mass is 10.1. The van der Waals surface area contributed by atoms with Gasteiger partial charge >= 0.3 is 5.97 Å². The molecular weight excluding hydrogens is 282 g/mol. The number of carboxylic acid groups (broad SMARTS) is 1. The van der Waals surface area contributed by atoms with Crippen LogP contribution in [0.1, 0.15) is 18.4 Å². The fourth-order valence-corrected chi connectivity index (χ4v) is 3.02. The van der Waals surface area contributed by atoms with Gasteiger partial charge in [0.05, 0.1) is 0 Å². The van der Waals surface area contributed by atoms with E-state index in [0.29, 0.717) is 36.6 Å². The molecule has 0 unspecified atom stereocenters. The van der Waals surface area contributed by atoms with Gasteiger partial charge in [0.15, 0.2) is 6.10 Å². The van der Waals surface area contributed by atoms with Crippen LogP contribution in [0, 0.1) is 0 Å². The first-order valence-electron chi connectivity index (χ1n) is 6.54. The molecule has 0 saturated carbocycles. The first kappa shape index (κ1) is 13.2. The van der Waals surface area contributed by atoms with Crippen molar-refractivity contribution in [2.75, 3.05) is 6.54 Å². The summed E-state index contributed by atoms with van der Waals surface area (Å²) in [5.41, 5.74) is 0.891. The van der Waals surface area contributed by atoms with Gasteiger partial charge in [0.1, 0.15) is 11.8 Å². The molecule has 0 aromatic heterocycles. The van der Waals surface area contributed by atoms with Crippen molar-refractivity contribution >= 4 is 23.5 Å². The lowest BCUT2D eigenvalue weighted by Crippen LogP contribution is -2.46. The molecule has 0 bridgehead atoms. The highest BCUT2D eigenvalue weighted by Crippen LogP contribution is 2.32. The summed E-state index contributed by atoms with van der Waals surface area (Å²) in [6.45, 7) is 0.479. The van der Waals surface area contributed by atoms with Gasteiger partial charge in [-0.25, -0.2) is 4.79 Å². The molecule has 1 saturated heterocycles. The zero-order valence-electron chi connectivity index (χ0n) is 10.7. The lowest BCUT2D eigenvalue weighted by molar-refractivity contribution is -0.150. The molecular formula is C14H14ClNO4. The van der Waals surface area contributed by atoms with Crippen molar-refractivity contribution in [3.63, 3.8) is 0 Å². The normalized spacial score (nSPS) is 24.4. The number of amides is 1. The predicted octanol–water partition coefficient (Wildman–Crippen LogP) is 1.72. The highest BCUT2D eigenvalue weighted by molar-refractivity contribution is 6.30. The van der Waals surface area contributed by atoms with Crippen LogP contribution in [0.2, 0.25) is 5.02 Å². The van der Waals surface area contributed by atoms with E-state index in [1.807, 2.05) is 0 Å². The van der Waals surface area contributed by atoms with Crippen molar-refractivity contribution in [2.45, 2.75) is 31.4 Å². The van der Waals surface area contributed by atoms with Crippen LogP contribution in [0.25, 0.3) is 0 Å². The number of likely N-dealkylation sites (tertiary alicyclic amines) is 1. The van der Waals surface area contributed by atoms with Gasteiger partial charge in [0.25, 0.3) is 5.91 Å². The van der Waals surface area contributed by atoms with E-state index in [2.05, 4.69) is 0 Å². The Morgan fingerprint density at radius 1 is 1.40 bits per heavy atom. The average molecular weight is 296 g/mol. The maximum atomic E-state index is 12.4. The van der Waals surface area contributed by atoms with E-state index >= 15 is 0 Å². The SMILES string of the molecule is O=C(O)[C@@H]1CCCN1C(=O)[C@@H]1Cc2cc(Cl)ccc2O1. The second-order valence-corrected chi connectivity index (χ2v) is 5.53. The Kier molecular flexibility index (Phi) is 3.30. The van der Waals surface area contributed by atoms with E-state index in [4.69, 9.17) is 21.4 Å². The molecule has 106 valence electrons. The molecule has 2 aliphatic heterocycles. The number of benzene rings is 1. The van der Waals surface area contributed by atoms with Crippen LogP contribution < -0.4 is 4.74 Å². The van der Waals surface area contributed by atoms with Gasteiger partial charge in [0.2, 0.25) is 0 Å². The number of ether oxygens (including phenoxy) is 1. The van der Waals surface area contributed by atoms with Crippen LogP contribution in [0.4, 0.5) is 0 Å². The highest BCUT2D eigenvalue weighted by atomic mass is 35.5. The first-order chi connectivity index (χ1) is 9.56. The van der Waals surface area contributed by atoms with E-state index in [-0.39, 0.29) is 5.91 Å². The monoisotopic (exact) mass is 295 g/mol. The number of rotatable bonds is 2. The van der Waals surface area contributed by atoms with E-state index in [1.165, 1.54) is 4.90 Å². The number of nitrogens with zero attached hydrogens (tertiary/aromatic N) is 1. The average Bonchev–Trinajstić information content (AvgIpc) is 3.03. The van der Waals surface area contributed by atoms with Crippen molar-refractivity contribution in [3.05, 3.63) is 28.8 Å². The molecule has 1 N–H and O–H groups in total. The number of hydrogen-bond donors (Lipinski definition) is 1. The summed E-state index contributed by atoms with van der Waals surface area (Å²) in [7, 11) is 0. The van der Waals surface area contributed by atoms with Crippen molar-refractivity contribution in [2.24, 2.45) is 0 Å². The molecule has 5 nitrogen and oxygen atoms in total. The van der Waals surface area contributed by atoms with Crippen molar-refractivity contribution in [3.8, 4) is 5.75 Å². The Morgan fingerprint density at radius 2 is 2.20 bits per heavy atom. The number of carbonyl (C=O) groups is 2. The maximum absolute atomic E-state index is 12.4. The van der Waals surface area contributed by atoms with Crippen LogP contribution in [0.3, 0.4) is 0 Å². The molecule has 2 atom stereocenters. The zero-order valence-corrected chi connectivity index (χ0v) is 11.5. The highest BCUT2D eigenvalue weighted by Gasteiger charge is 2.40. The summed E-state index contributed by atoms with van der Waals surface area (Å²) < 4.78 is 5.62. The molecule has 2 aliphatic rings. The van der Waals surface area contributed by atoms with Crippen LogP contribution in [0.15, 0.2) is 18.2 Å². The van der Waals surface area contributed by atoms with E-state index in [9.17, 15) is 9.59 Å². The summed E-state index contributed by atoms with van der Waals surface area (Å²) in [6.07, 6.45) is 1.03. The van der Waals surface area contributed by atoms with Crippen molar-refractivity contribution in [1.82, 2.24) is 4.90 Å². The fourth-order valence-electron chi connectivity index (χ4n) is 2.83. The second-order valence-electron chi connectivity index (χ2n) is 5.09. The molecule has 1 aromatic carbocycles. The number of carbonyl (C=O) groups excluding carboxylic acids is 1. The van der Waals surface area contributed by atoms with Gasteiger partial charge in [-0.2, -0.15) is 0 Å². The molecule has 3 rings (SSSR count). The van der Waals surface area contributed by atoms with Gasteiger partial charge in [-0.1, -0.05) is 11.6 Å². The Morgan fingerprint density at radius 3 is 2.95 bits per heavy atom. The summed E-state index contributed by atoms with van der Waals surface area (Å²) >= 11 is 5.91.